The summed E-state index contributed by atoms with van der Waals surface area (Å²) in [7, 11) is 0. The molecule has 1 saturated heterocycles. The van der Waals surface area contributed by atoms with Crippen molar-refractivity contribution in [1.29, 1.82) is 0 Å². The predicted octanol–water partition coefficient (Wildman–Crippen LogP) is 2.00. The van der Waals surface area contributed by atoms with Crippen LogP contribution in [-0.4, -0.2) is 54.3 Å². The molecule has 0 aromatic carbocycles. The number of aryl methyl sites for hydroxylation is 1. The van der Waals surface area contributed by atoms with Gasteiger partial charge in [-0.15, -0.1) is 0 Å². The van der Waals surface area contributed by atoms with E-state index in [0.29, 0.717) is 29.3 Å². The fourth-order valence-electron chi connectivity index (χ4n) is 5.34. The summed E-state index contributed by atoms with van der Waals surface area (Å²) in [6, 6.07) is 3.10. The maximum atomic E-state index is 13.0. The molecular formula is C24H29N7O5. The molecule has 12 nitrogen and oxygen atoms in total. The SMILES string of the molecule is Cc1nonc1C(=O)N[C@H](c1cn2nc(C[C@@]3(C(=O)O)CCNC3=O)ccc2n1)C1CCCCCC1. The van der Waals surface area contributed by atoms with Crippen molar-refractivity contribution in [2.75, 3.05) is 6.54 Å². The third kappa shape index (κ3) is 4.42. The first-order valence-electron chi connectivity index (χ1n) is 12.3. The maximum absolute atomic E-state index is 13.0. The van der Waals surface area contributed by atoms with Crippen LogP contribution in [0.25, 0.3) is 5.65 Å². The first-order chi connectivity index (χ1) is 17.4. The summed E-state index contributed by atoms with van der Waals surface area (Å²) >= 11 is 0. The van der Waals surface area contributed by atoms with Crippen LogP contribution in [0.15, 0.2) is 23.0 Å². The van der Waals surface area contributed by atoms with E-state index in [9.17, 15) is 19.5 Å². The average molecular weight is 496 g/mol. The van der Waals surface area contributed by atoms with Gasteiger partial charge >= 0.3 is 5.97 Å². The lowest BCUT2D eigenvalue weighted by Crippen LogP contribution is -2.40. The molecule has 0 radical (unpaired) electrons. The van der Waals surface area contributed by atoms with Gasteiger partial charge in [0.2, 0.25) is 5.91 Å². The zero-order valence-electron chi connectivity index (χ0n) is 20.1. The molecule has 3 aromatic rings. The minimum absolute atomic E-state index is 0.0150. The van der Waals surface area contributed by atoms with E-state index in [1.807, 2.05) is 0 Å². The maximum Gasteiger partial charge on any atom is 0.319 e. The molecule has 1 saturated carbocycles. The van der Waals surface area contributed by atoms with Gasteiger partial charge in [0, 0.05) is 13.0 Å². The van der Waals surface area contributed by atoms with Crippen molar-refractivity contribution in [3.8, 4) is 0 Å². The van der Waals surface area contributed by atoms with Crippen molar-refractivity contribution in [3.63, 3.8) is 0 Å². The Bertz CT molecular complexity index is 1290. The van der Waals surface area contributed by atoms with Crippen molar-refractivity contribution < 1.29 is 24.1 Å². The number of amides is 2. The molecule has 0 unspecified atom stereocenters. The van der Waals surface area contributed by atoms with Crippen LogP contribution in [0.1, 0.15) is 78.6 Å². The van der Waals surface area contributed by atoms with Gasteiger partial charge in [0.25, 0.3) is 5.91 Å². The van der Waals surface area contributed by atoms with Crippen LogP contribution < -0.4 is 10.6 Å². The summed E-state index contributed by atoms with van der Waals surface area (Å²) in [5.41, 5.74) is 0.750. The summed E-state index contributed by atoms with van der Waals surface area (Å²) in [5, 5.41) is 27.5. The number of nitrogens with zero attached hydrogens (tertiary/aromatic N) is 5. The monoisotopic (exact) mass is 495 g/mol. The second kappa shape index (κ2) is 9.67. The number of hydrogen-bond acceptors (Lipinski definition) is 8. The van der Waals surface area contributed by atoms with Crippen molar-refractivity contribution in [2.45, 2.75) is 64.3 Å². The fourth-order valence-corrected chi connectivity index (χ4v) is 5.34. The van der Waals surface area contributed by atoms with E-state index in [1.165, 1.54) is 12.8 Å². The van der Waals surface area contributed by atoms with E-state index in [2.05, 4.69) is 26.0 Å². The number of carboxylic acids is 1. The van der Waals surface area contributed by atoms with Crippen molar-refractivity contribution in [1.82, 2.24) is 35.5 Å². The van der Waals surface area contributed by atoms with Gasteiger partial charge < -0.3 is 15.7 Å². The Morgan fingerprint density at radius 2 is 2.03 bits per heavy atom. The minimum Gasteiger partial charge on any atom is -0.480 e. The lowest BCUT2D eigenvalue weighted by molar-refractivity contribution is -0.153. The predicted molar refractivity (Wildman–Crippen MR) is 125 cm³/mol. The summed E-state index contributed by atoms with van der Waals surface area (Å²) in [4.78, 5) is 42.1. The number of carbonyl (C=O) groups is 3. The van der Waals surface area contributed by atoms with Crippen LogP contribution >= 0.6 is 0 Å². The number of hydrogen-bond donors (Lipinski definition) is 3. The summed E-state index contributed by atoms with van der Waals surface area (Å²) in [5.74, 6) is -1.82. The highest BCUT2D eigenvalue weighted by Gasteiger charge is 2.49. The van der Waals surface area contributed by atoms with Gasteiger partial charge in [-0.1, -0.05) is 30.8 Å². The highest BCUT2D eigenvalue weighted by atomic mass is 16.6. The lowest BCUT2D eigenvalue weighted by atomic mass is 9.81. The second-order valence-electron chi connectivity index (χ2n) is 9.76. The molecule has 1 aliphatic heterocycles. The molecule has 3 N–H and O–H groups in total. The molecule has 1 aliphatic carbocycles. The first-order valence-corrected chi connectivity index (χ1v) is 12.3. The van der Waals surface area contributed by atoms with Crippen molar-refractivity contribution in [3.05, 3.63) is 41.1 Å². The Hall–Kier alpha value is -3.83. The van der Waals surface area contributed by atoms with Gasteiger partial charge in [-0.25, -0.2) is 14.1 Å². The number of rotatable bonds is 7. The zero-order chi connectivity index (χ0) is 25.3. The smallest absolute Gasteiger partial charge is 0.319 e. The van der Waals surface area contributed by atoms with Gasteiger partial charge in [0.05, 0.1) is 23.6 Å². The quantitative estimate of drug-likeness (QED) is 0.328. The van der Waals surface area contributed by atoms with E-state index in [0.717, 1.165) is 25.7 Å². The van der Waals surface area contributed by atoms with Gasteiger partial charge in [-0.05, 0) is 49.4 Å². The number of aromatic nitrogens is 5. The summed E-state index contributed by atoms with van der Waals surface area (Å²) < 4.78 is 6.30. The Labute approximate surface area is 206 Å². The fraction of sp³-hybridized carbons (Fsp3) is 0.542. The number of nitrogens with one attached hydrogen (secondary N) is 2. The number of aliphatic carboxylic acids is 1. The van der Waals surface area contributed by atoms with E-state index in [1.54, 1.807) is 29.8 Å². The Balaban J connectivity index is 1.45. The van der Waals surface area contributed by atoms with E-state index < -0.39 is 17.3 Å². The second-order valence-corrected chi connectivity index (χ2v) is 9.76. The molecule has 2 amide bonds. The molecule has 0 bridgehead atoms. The molecule has 2 aliphatic rings. The highest BCUT2D eigenvalue weighted by Crippen LogP contribution is 2.34. The van der Waals surface area contributed by atoms with Gasteiger partial charge in [0.15, 0.2) is 16.8 Å². The number of imidazole rings is 1. The van der Waals surface area contributed by atoms with Crippen LogP contribution in [0.2, 0.25) is 0 Å². The molecule has 0 spiro atoms. The standard InChI is InChI=1S/C24H29N7O5/c1-14-19(30-36-29-14)21(32)27-20(15-6-4-2-3-5-7-15)17-13-31-18(26-17)9-8-16(28-31)12-24(23(34)35)10-11-25-22(24)33/h8-9,13,15,20H,2-7,10-12H2,1H3,(H,25,33)(H,27,32)(H,34,35)/t20-,24-/m0/s1. The topological polar surface area (TPSA) is 165 Å². The third-order valence-corrected chi connectivity index (χ3v) is 7.40. The highest BCUT2D eigenvalue weighted by molar-refractivity contribution is 6.03. The average Bonchev–Trinajstić information content (AvgIpc) is 3.51. The minimum atomic E-state index is -1.52. The Morgan fingerprint density at radius 1 is 1.25 bits per heavy atom. The molecule has 190 valence electrons. The van der Waals surface area contributed by atoms with E-state index >= 15 is 0 Å². The first kappa shape index (κ1) is 23.9. The van der Waals surface area contributed by atoms with Crippen LogP contribution in [-0.2, 0) is 16.0 Å². The van der Waals surface area contributed by atoms with Gasteiger partial charge in [0.1, 0.15) is 5.69 Å². The summed E-state index contributed by atoms with van der Waals surface area (Å²) in [6.07, 6.45) is 8.38. The van der Waals surface area contributed by atoms with Crippen LogP contribution in [0.5, 0.6) is 0 Å². The van der Waals surface area contributed by atoms with Crippen LogP contribution in [0.3, 0.4) is 0 Å². The molecular weight excluding hydrogens is 466 g/mol. The van der Waals surface area contributed by atoms with E-state index in [-0.39, 0.29) is 36.4 Å². The Morgan fingerprint density at radius 3 is 2.67 bits per heavy atom. The molecule has 4 heterocycles. The largest absolute Gasteiger partial charge is 0.480 e. The molecule has 5 rings (SSSR count). The summed E-state index contributed by atoms with van der Waals surface area (Å²) in [6.45, 7) is 1.99. The zero-order valence-corrected chi connectivity index (χ0v) is 20.1. The Kier molecular flexibility index (Phi) is 6.42. The molecule has 2 fully saturated rings. The van der Waals surface area contributed by atoms with Gasteiger partial charge in [-0.2, -0.15) is 5.10 Å². The number of carbonyl (C=O) groups excluding carboxylic acids is 2. The van der Waals surface area contributed by atoms with E-state index in [4.69, 9.17) is 9.61 Å². The molecule has 2 atom stereocenters. The van der Waals surface area contributed by atoms with Crippen molar-refractivity contribution in [2.24, 2.45) is 11.3 Å². The van der Waals surface area contributed by atoms with Gasteiger partial charge in [-0.3, -0.25) is 14.4 Å². The third-order valence-electron chi connectivity index (χ3n) is 7.40. The molecule has 36 heavy (non-hydrogen) atoms. The van der Waals surface area contributed by atoms with Crippen LogP contribution in [0.4, 0.5) is 0 Å². The normalized spacial score (nSPS) is 21.8. The lowest BCUT2D eigenvalue weighted by Gasteiger charge is -2.25. The van der Waals surface area contributed by atoms with Crippen LogP contribution in [0, 0.1) is 18.3 Å². The number of fused-ring (bicyclic) bond motifs is 1. The number of carboxylic acid groups (broad SMARTS) is 1. The van der Waals surface area contributed by atoms with Crippen molar-refractivity contribution >= 4 is 23.4 Å². The molecule has 12 heteroatoms. The molecule has 3 aromatic heterocycles.